The number of hydrogen-bond donors (Lipinski definition) is 5. The molecule has 13 heteroatoms. The van der Waals surface area contributed by atoms with Crippen molar-refractivity contribution in [3.63, 3.8) is 0 Å². The number of likely N-dealkylation sites (N-methyl/N-ethyl adjacent to an activating group) is 1. The van der Waals surface area contributed by atoms with E-state index in [1.165, 1.54) is 30.5 Å². The van der Waals surface area contributed by atoms with Crippen LogP contribution in [0.25, 0.3) is 0 Å². The Bertz CT molecular complexity index is 1260. The van der Waals surface area contributed by atoms with Crippen molar-refractivity contribution in [1.29, 1.82) is 0 Å². The Morgan fingerprint density at radius 3 is 2.52 bits per heavy atom. The van der Waals surface area contributed by atoms with E-state index < -0.39 is 21.7 Å². The van der Waals surface area contributed by atoms with Gasteiger partial charge in [0, 0.05) is 25.0 Å². The fraction of sp³-hybridized carbons (Fsp3) is 0.150. The van der Waals surface area contributed by atoms with Gasteiger partial charge < -0.3 is 21.7 Å². The zero-order chi connectivity index (χ0) is 24.0. The Labute approximate surface area is 198 Å². The second-order valence-electron chi connectivity index (χ2n) is 6.69. The van der Waals surface area contributed by atoms with Crippen LogP contribution in [0.4, 0.5) is 27.5 Å². The smallest absolute Gasteiger partial charge is 0.253 e. The van der Waals surface area contributed by atoms with Crippen LogP contribution in [-0.4, -0.2) is 44.4 Å². The van der Waals surface area contributed by atoms with Crippen LogP contribution < -0.4 is 26.4 Å². The lowest BCUT2D eigenvalue weighted by Gasteiger charge is -2.13. The van der Waals surface area contributed by atoms with Crippen LogP contribution in [0.15, 0.2) is 58.0 Å². The largest absolute Gasteiger partial charge is 0.365 e. The number of sulfonamides is 1. The number of rotatable bonds is 10. The molecule has 3 aromatic rings. The fourth-order valence-corrected chi connectivity index (χ4v) is 4.08. The highest BCUT2D eigenvalue weighted by atomic mass is 79.9. The minimum Gasteiger partial charge on any atom is -0.365 e. The molecule has 3 rings (SSSR count). The molecular weight excluding hydrogens is 517 g/mol. The molecule has 10 nitrogen and oxygen atoms in total. The Balaban J connectivity index is 1.78. The molecule has 0 fully saturated rings. The number of anilines is 4. The molecule has 1 amide bonds. The predicted octanol–water partition coefficient (Wildman–Crippen LogP) is 2.46. The van der Waals surface area contributed by atoms with Crippen molar-refractivity contribution in [1.82, 2.24) is 20.0 Å². The number of nitrogens with one attached hydrogen (secondary N) is 4. The topological polar surface area (TPSA) is 151 Å². The number of hydrogen-bond acceptors (Lipinski definition) is 8. The maximum atomic E-state index is 14.0. The summed E-state index contributed by atoms with van der Waals surface area (Å²) >= 11 is 3.31. The van der Waals surface area contributed by atoms with E-state index >= 15 is 0 Å². The number of carbonyl (C=O) groups excluding carboxylic acids is 1. The molecule has 0 atom stereocenters. The third-order valence-corrected chi connectivity index (χ3v) is 6.40. The molecule has 1 heterocycles. The number of halogens is 2. The second-order valence-corrected chi connectivity index (χ2v) is 9.31. The van der Waals surface area contributed by atoms with Crippen LogP contribution in [0.1, 0.15) is 10.4 Å². The van der Waals surface area contributed by atoms with Gasteiger partial charge >= 0.3 is 0 Å². The van der Waals surface area contributed by atoms with Gasteiger partial charge in [-0.25, -0.2) is 22.5 Å². The molecule has 0 unspecified atom stereocenters. The third-order valence-electron chi connectivity index (χ3n) is 4.35. The molecule has 174 valence electrons. The van der Waals surface area contributed by atoms with Gasteiger partial charge in [0.25, 0.3) is 5.91 Å². The molecule has 0 aliphatic rings. The number of benzene rings is 2. The first-order valence-corrected chi connectivity index (χ1v) is 11.9. The zero-order valence-corrected chi connectivity index (χ0v) is 19.8. The molecule has 0 saturated heterocycles. The van der Waals surface area contributed by atoms with Crippen LogP contribution in [-0.2, 0) is 10.0 Å². The lowest BCUT2D eigenvalue weighted by molar-refractivity contribution is 0.0997. The lowest BCUT2D eigenvalue weighted by Crippen LogP contribution is -2.30. The highest BCUT2D eigenvalue weighted by Gasteiger charge is 2.16. The summed E-state index contributed by atoms with van der Waals surface area (Å²) in [7, 11) is -1.89. The van der Waals surface area contributed by atoms with Gasteiger partial charge in [0.1, 0.15) is 11.6 Å². The van der Waals surface area contributed by atoms with Crippen LogP contribution in [0.3, 0.4) is 0 Å². The minimum atomic E-state index is -3.62. The van der Waals surface area contributed by atoms with Crippen molar-refractivity contribution >= 4 is 55.0 Å². The Morgan fingerprint density at radius 2 is 1.85 bits per heavy atom. The normalized spacial score (nSPS) is 11.2. The summed E-state index contributed by atoms with van der Waals surface area (Å²) in [5.74, 6) is -1.24. The van der Waals surface area contributed by atoms with Crippen molar-refractivity contribution in [2.24, 2.45) is 5.73 Å². The molecular formula is C20H21BrFN7O3S. The maximum absolute atomic E-state index is 14.0. The van der Waals surface area contributed by atoms with Gasteiger partial charge in [-0.2, -0.15) is 4.98 Å². The first kappa shape index (κ1) is 24.5. The van der Waals surface area contributed by atoms with E-state index in [2.05, 4.69) is 46.6 Å². The molecule has 0 spiro atoms. The Kier molecular flexibility index (Phi) is 7.92. The maximum Gasteiger partial charge on any atom is 0.253 e. The quantitative estimate of drug-likeness (QED) is 0.247. The highest BCUT2D eigenvalue weighted by molar-refractivity contribution is 9.10. The van der Waals surface area contributed by atoms with Gasteiger partial charge in [-0.1, -0.05) is 6.07 Å². The van der Waals surface area contributed by atoms with E-state index in [0.717, 1.165) is 6.07 Å². The molecule has 1 aromatic heterocycles. The summed E-state index contributed by atoms with van der Waals surface area (Å²) in [4.78, 5) is 20.2. The van der Waals surface area contributed by atoms with Gasteiger partial charge in [0.05, 0.1) is 20.6 Å². The third kappa shape index (κ3) is 6.22. The molecule has 0 bridgehead atoms. The molecule has 2 aromatic carbocycles. The molecule has 0 aliphatic carbocycles. The average molecular weight is 538 g/mol. The molecule has 0 aliphatic heterocycles. The van der Waals surface area contributed by atoms with E-state index in [9.17, 15) is 17.6 Å². The van der Waals surface area contributed by atoms with E-state index in [4.69, 9.17) is 5.73 Å². The second kappa shape index (κ2) is 10.7. The van der Waals surface area contributed by atoms with Gasteiger partial charge in [-0.15, -0.1) is 0 Å². The van der Waals surface area contributed by atoms with Gasteiger partial charge in [-0.05, 0) is 59.4 Å². The SMILES string of the molecule is CNCCNS(=O)(=O)c1ccc(Nc2ncc(Br)c(Nc3cccc(F)c3C(N)=O)n2)cc1. The highest BCUT2D eigenvalue weighted by Crippen LogP contribution is 2.28. The number of amides is 1. The number of nitrogens with two attached hydrogens (primary N) is 1. The van der Waals surface area contributed by atoms with Crippen LogP contribution >= 0.6 is 15.9 Å². The van der Waals surface area contributed by atoms with Crippen molar-refractivity contribution < 1.29 is 17.6 Å². The number of nitrogens with zero attached hydrogens (tertiary/aromatic N) is 2. The van der Waals surface area contributed by atoms with E-state index in [1.54, 1.807) is 19.2 Å². The van der Waals surface area contributed by atoms with Gasteiger partial charge in [0.15, 0.2) is 0 Å². The summed E-state index contributed by atoms with van der Waals surface area (Å²) in [6.07, 6.45) is 1.46. The first-order valence-electron chi connectivity index (χ1n) is 9.60. The lowest BCUT2D eigenvalue weighted by atomic mass is 10.1. The zero-order valence-electron chi connectivity index (χ0n) is 17.4. The number of carbonyl (C=O) groups is 1. The summed E-state index contributed by atoms with van der Waals surface area (Å²) in [6.45, 7) is 0.775. The van der Waals surface area contributed by atoms with Gasteiger partial charge in [-0.3, -0.25) is 4.79 Å². The summed E-state index contributed by atoms with van der Waals surface area (Å²) in [5.41, 5.74) is 5.68. The predicted molar refractivity (Wildman–Crippen MR) is 127 cm³/mol. The number of primary amides is 1. The first-order chi connectivity index (χ1) is 15.7. The number of aromatic nitrogens is 2. The molecule has 33 heavy (non-hydrogen) atoms. The Hall–Kier alpha value is -3.13. The minimum absolute atomic E-state index is 0.119. The summed E-state index contributed by atoms with van der Waals surface area (Å²) in [6, 6.07) is 10.1. The Morgan fingerprint density at radius 1 is 1.12 bits per heavy atom. The summed E-state index contributed by atoms with van der Waals surface area (Å²) in [5, 5.41) is 8.70. The van der Waals surface area contributed by atoms with Crippen LogP contribution in [0.5, 0.6) is 0 Å². The standard InChI is InChI=1S/C20H21BrFN7O3S/c1-24-9-10-26-33(31,32)13-7-5-12(6-8-13)27-20-25-11-14(21)19(29-20)28-16-4-2-3-15(22)17(16)18(23)30/h2-8,11,24,26H,9-10H2,1H3,(H2,23,30)(H2,25,27,28,29). The van der Waals surface area contributed by atoms with Gasteiger partial charge in [0.2, 0.25) is 16.0 Å². The fourth-order valence-electron chi connectivity index (χ4n) is 2.76. The molecule has 0 saturated carbocycles. The van der Waals surface area contributed by atoms with Crippen LogP contribution in [0, 0.1) is 5.82 Å². The van der Waals surface area contributed by atoms with E-state index in [1.807, 2.05) is 0 Å². The van der Waals surface area contributed by atoms with E-state index in [-0.39, 0.29) is 34.5 Å². The van der Waals surface area contributed by atoms with Crippen molar-refractivity contribution in [2.75, 3.05) is 30.8 Å². The monoisotopic (exact) mass is 537 g/mol. The molecule has 0 radical (unpaired) electrons. The van der Waals surface area contributed by atoms with Crippen molar-refractivity contribution in [3.05, 3.63) is 64.5 Å². The van der Waals surface area contributed by atoms with Crippen LogP contribution in [0.2, 0.25) is 0 Å². The van der Waals surface area contributed by atoms with Crippen molar-refractivity contribution in [2.45, 2.75) is 4.90 Å². The van der Waals surface area contributed by atoms with Crippen molar-refractivity contribution in [3.8, 4) is 0 Å². The summed E-state index contributed by atoms with van der Waals surface area (Å²) < 4.78 is 41.5. The van der Waals surface area contributed by atoms with E-state index in [0.29, 0.717) is 16.7 Å². The average Bonchev–Trinajstić information content (AvgIpc) is 2.76. The molecule has 6 N–H and O–H groups in total.